The van der Waals surface area contributed by atoms with E-state index in [0.29, 0.717) is 18.3 Å². The van der Waals surface area contributed by atoms with Crippen molar-refractivity contribution in [2.45, 2.75) is 87.9 Å². The number of aryl methyl sites for hydroxylation is 1. The molecule has 0 bridgehead atoms. The molecular formula is C24H32O9. The molecule has 1 aliphatic heterocycles. The van der Waals surface area contributed by atoms with Crippen LogP contribution < -0.4 is 0 Å². The molecule has 0 unspecified atom stereocenters. The zero-order valence-electron chi connectivity index (χ0n) is 18.4. The highest BCUT2D eigenvalue weighted by atomic mass is 16.7. The van der Waals surface area contributed by atoms with Crippen molar-refractivity contribution < 1.29 is 44.9 Å². The molecule has 0 radical (unpaired) electrons. The average molecular weight is 465 g/mol. The van der Waals surface area contributed by atoms with Gasteiger partial charge in [-0.1, -0.05) is 13.0 Å². The van der Waals surface area contributed by atoms with Gasteiger partial charge in [0.15, 0.2) is 12.4 Å². The van der Waals surface area contributed by atoms with Gasteiger partial charge in [0, 0.05) is 0 Å². The molecular weight excluding hydrogens is 432 g/mol. The molecule has 1 aromatic rings. The van der Waals surface area contributed by atoms with Crippen molar-refractivity contribution in [3.63, 3.8) is 0 Å². The molecule has 9 nitrogen and oxygen atoms in total. The minimum atomic E-state index is -1.79. The third kappa shape index (κ3) is 3.57. The van der Waals surface area contributed by atoms with E-state index in [4.69, 9.17) is 9.47 Å². The molecule has 1 saturated heterocycles. The van der Waals surface area contributed by atoms with Gasteiger partial charge in [-0.15, -0.1) is 0 Å². The highest BCUT2D eigenvalue weighted by molar-refractivity contribution is 5.73. The first-order valence-electron chi connectivity index (χ1n) is 11.7. The fourth-order valence-electron chi connectivity index (χ4n) is 7.09. The molecule has 2 saturated carbocycles. The lowest BCUT2D eigenvalue weighted by molar-refractivity contribution is -0.317. The molecule has 0 aromatic heterocycles. The third-order valence-corrected chi connectivity index (χ3v) is 8.74. The van der Waals surface area contributed by atoms with E-state index >= 15 is 0 Å². The normalized spacial score (nSPS) is 46.8. The van der Waals surface area contributed by atoms with E-state index in [0.717, 1.165) is 25.7 Å². The Hall–Kier alpha value is -1.75. The number of rotatable bonds is 3. The highest BCUT2D eigenvalue weighted by Crippen LogP contribution is 2.62. The summed E-state index contributed by atoms with van der Waals surface area (Å²) in [5, 5.41) is 60.6. The molecule has 5 rings (SSSR count). The van der Waals surface area contributed by atoms with Gasteiger partial charge in [-0.2, -0.15) is 0 Å². The number of aliphatic hydroxyl groups excluding tert-OH is 4. The van der Waals surface area contributed by atoms with Crippen molar-refractivity contribution in [1.82, 2.24) is 0 Å². The summed E-state index contributed by atoms with van der Waals surface area (Å²) in [4.78, 5) is 11.4. The summed E-state index contributed by atoms with van der Waals surface area (Å²) in [6.07, 6.45) is -5.97. The van der Waals surface area contributed by atoms with E-state index in [-0.39, 0.29) is 11.7 Å². The molecule has 6 N–H and O–H groups in total. The van der Waals surface area contributed by atoms with Crippen LogP contribution in [0.2, 0.25) is 0 Å². The Kier molecular flexibility index (Phi) is 5.70. The minimum absolute atomic E-state index is 0.157. The molecule has 11 atom stereocenters. The summed E-state index contributed by atoms with van der Waals surface area (Å²) >= 11 is 0. The maximum atomic E-state index is 11.4. The number of carboxylic acid groups (broad SMARTS) is 1. The molecule has 182 valence electrons. The minimum Gasteiger partial charge on any atom is -0.508 e. The van der Waals surface area contributed by atoms with E-state index in [2.05, 4.69) is 6.92 Å². The van der Waals surface area contributed by atoms with Crippen molar-refractivity contribution in [3.8, 4) is 5.75 Å². The Morgan fingerprint density at radius 2 is 1.88 bits per heavy atom. The van der Waals surface area contributed by atoms with E-state index in [1.54, 1.807) is 6.07 Å². The molecule has 4 aliphatic rings. The van der Waals surface area contributed by atoms with Gasteiger partial charge in [0.1, 0.15) is 24.1 Å². The molecule has 9 heteroatoms. The summed E-state index contributed by atoms with van der Waals surface area (Å²) < 4.78 is 11.3. The lowest BCUT2D eigenvalue weighted by Crippen LogP contribution is -2.61. The average Bonchev–Trinajstić information content (AvgIpc) is 3.03. The fourth-order valence-corrected chi connectivity index (χ4v) is 7.09. The van der Waals surface area contributed by atoms with Crippen LogP contribution in [0.1, 0.15) is 49.7 Å². The SMILES string of the molecule is C[C@]12CC[C@@H]3c4ccc(O)cc4CC[C@H]3[C@@H]1C[C@H](O)[C@@H]2O[C@@H]1O[C@H](C(=O)O)[C@@H](O)[C@H](O)[C@H]1O. The summed E-state index contributed by atoms with van der Waals surface area (Å²) in [7, 11) is 0. The van der Waals surface area contributed by atoms with Crippen molar-refractivity contribution in [2.75, 3.05) is 0 Å². The van der Waals surface area contributed by atoms with Crippen molar-refractivity contribution in [3.05, 3.63) is 29.3 Å². The van der Waals surface area contributed by atoms with Crippen LogP contribution in [0.25, 0.3) is 0 Å². The van der Waals surface area contributed by atoms with Gasteiger partial charge >= 0.3 is 5.97 Å². The van der Waals surface area contributed by atoms with Crippen molar-refractivity contribution >= 4 is 5.97 Å². The molecule has 0 spiro atoms. The lowest BCUT2D eigenvalue weighted by atomic mass is 9.55. The predicted octanol–water partition coefficient (Wildman–Crippen LogP) is 0.496. The number of hydrogen-bond acceptors (Lipinski definition) is 8. The van der Waals surface area contributed by atoms with Gasteiger partial charge in [0.2, 0.25) is 0 Å². The molecule has 0 amide bonds. The monoisotopic (exact) mass is 464 g/mol. The Balaban J connectivity index is 1.38. The number of carbonyl (C=O) groups is 1. The van der Waals surface area contributed by atoms with E-state index in [1.807, 2.05) is 12.1 Å². The summed E-state index contributed by atoms with van der Waals surface area (Å²) in [6, 6.07) is 5.58. The van der Waals surface area contributed by atoms with Gasteiger partial charge in [-0.25, -0.2) is 4.79 Å². The molecule has 3 fully saturated rings. The second kappa shape index (κ2) is 8.18. The largest absolute Gasteiger partial charge is 0.508 e. The number of aliphatic carboxylic acids is 1. The Labute approximate surface area is 191 Å². The first kappa shape index (κ1) is 23.0. The summed E-state index contributed by atoms with van der Waals surface area (Å²) in [5.41, 5.74) is 2.02. The van der Waals surface area contributed by atoms with Crippen molar-refractivity contribution in [2.24, 2.45) is 17.3 Å². The molecule has 1 aromatic carbocycles. The molecule has 1 heterocycles. The number of carboxylic acids is 1. The maximum Gasteiger partial charge on any atom is 0.335 e. The van der Waals surface area contributed by atoms with Crippen LogP contribution in [0.5, 0.6) is 5.75 Å². The second-order valence-electron chi connectivity index (χ2n) is 10.4. The lowest BCUT2D eigenvalue weighted by Gasteiger charge is -2.51. The molecule has 33 heavy (non-hydrogen) atoms. The summed E-state index contributed by atoms with van der Waals surface area (Å²) in [6.45, 7) is 2.07. The van der Waals surface area contributed by atoms with E-state index in [1.165, 1.54) is 11.1 Å². The van der Waals surface area contributed by atoms with E-state index < -0.39 is 54.3 Å². The Morgan fingerprint density at radius 3 is 2.61 bits per heavy atom. The van der Waals surface area contributed by atoms with Crippen LogP contribution in [0.15, 0.2) is 18.2 Å². The number of hydrogen-bond donors (Lipinski definition) is 6. The summed E-state index contributed by atoms with van der Waals surface area (Å²) in [5.74, 6) is -0.366. The van der Waals surface area contributed by atoms with Gasteiger partial charge in [0.05, 0.1) is 12.2 Å². The number of ether oxygens (including phenoxy) is 2. The Bertz CT molecular complexity index is 921. The van der Waals surface area contributed by atoms with Gasteiger partial charge in [0.25, 0.3) is 0 Å². The standard InChI is InChI=1S/C24H32O9/c1-24-7-6-13-12-5-3-11(25)8-10(12)2-4-14(13)15(24)9-16(26)21(24)33-23-19(29)17(27)18(28)20(32-23)22(30)31/h3,5,8,13-21,23,25-29H,2,4,6-7,9H2,1H3,(H,30,31)/t13-,14-,15+,16+,17+,18+,19-,20+,21+,23+,24+/m1/s1. The number of aliphatic hydroxyl groups is 4. The van der Waals surface area contributed by atoms with Crippen LogP contribution in [-0.4, -0.2) is 79.5 Å². The van der Waals surface area contributed by atoms with Crippen LogP contribution in [0, 0.1) is 17.3 Å². The van der Waals surface area contributed by atoms with Gasteiger partial charge in [-0.05, 0) is 78.5 Å². The van der Waals surface area contributed by atoms with Crippen LogP contribution in [0.4, 0.5) is 0 Å². The quantitative estimate of drug-likeness (QED) is 0.375. The highest BCUT2D eigenvalue weighted by Gasteiger charge is 2.60. The van der Waals surface area contributed by atoms with Crippen LogP contribution in [-0.2, 0) is 20.7 Å². The predicted molar refractivity (Wildman–Crippen MR) is 113 cm³/mol. The number of benzene rings is 1. The third-order valence-electron chi connectivity index (χ3n) is 8.74. The molecule has 3 aliphatic carbocycles. The zero-order chi connectivity index (χ0) is 23.7. The maximum absolute atomic E-state index is 11.4. The number of aromatic hydroxyl groups is 1. The number of fused-ring (bicyclic) bond motifs is 5. The second-order valence-corrected chi connectivity index (χ2v) is 10.4. The van der Waals surface area contributed by atoms with Crippen molar-refractivity contribution in [1.29, 1.82) is 0 Å². The van der Waals surface area contributed by atoms with Gasteiger partial charge in [-0.3, -0.25) is 0 Å². The fraction of sp³-hybridized carbons (Fsp3) is 0.708. The van der Waals surface area contributed by atoms with Crippen LogP contribution >= 0.6 is 0 Å². The Morgan fingerprint density at radius 1 is 1.12 bits per heavy atom. The number of phenols is 1. The zero-order valence-corrected chi connectivity index (χ0v) is 18.4. The van der Waals surface area contributed by atoms with Crippen LogP contribution in [0.3, 0.4) is 0 Å². The number of phenolic OH excluding ortho intramolecular Hbond substituents is 1. The first-order valence-corrected chi connectivity index (χ1v) is 11.7. The topological polar surface area (TPSA) is 157 Å². The smallest absolute Gasteiger partial charge is 0.335 e. The first-order chi connectivity index (χ1) is 15.6. The van der Waals surface area contributed by atoms with Gasteiger partial charge < -0.3 is 40.1 Å². The van der Waals surface area contributed by atoms with E-state index in [9.17, 15) is 35.4 Å².